The van der Waals surface area contributed by atoms with E-state index in [2.05, 4.69) is 34.1 Å². The van der Waals surface area contributed by atoms with E-state index in [4.69, 9.17) is 21.3 Å². The molecule has 0 amide bonds. The molecule has 4 nitrogen and oxygen atoms in total. The quantitative estimate of drug-likeness (QED) is 0.724. The highest BCUT2D eigenvalue weighted by molar-refractivity contribution is 6.33. The molecule has 138 valence electrons. The predicted molar refractivity (Wildman–Crippen MR) is 107 cm³/mol. The van der Waals surface area contributed by atoms with Crippen LogP contribution in [0.25, 0.3) is 11.4 Å². The Labute approximate surface area is 164 Å². The van der Waals surface area contributed by atoms with E-state index in [-0.39, 0.29) is 0 Å². The van der Waals surface area contributed by atoms with Gasteiger partial charge in [0, 0.05) is 31.1 Å². The Morgan fingerprint density at radius 3 is 2.78 bits per heavy atom. The highest BCUT2D eigenvalue weighted by Gasteiger charge is 2.28. The topological polar surface area (TPSA) is 41.2 Å². The van der Waals surface area contributed by atoms with E-state index in [0.717, 1.165) is 54.6 Å². The highest BCUT2D eigenvalue weighted by Crippen LogP contribution is 2.29. The Balaban J connectivity index is 1.38. The molecule has 2 aliphatic heterocycles. The summed E-state index contributed by atoms with van der Waals surface area (Å²) in [4.78, 5) is 10.9. The minimum Gasteiger partial charge on any atom is -0.375 e. The molecule has 3 heterocycles. The van der Waals surface area contributed by atoms with Crippen LogP contribution >= 0.6 is 11.6 Å². The van der Waals surface area contributed by atoms with Gasteiger partial charge in [0.15, 0.2) is 0 Å². The van der Waals surface area contributed by atoms with E-state index in [1.807, 2.05) is 24.3 Å². The molecule has 0 spiro atoms. The van der Waals surface area contributed by atoms with Gasteiger partial charge in [-0.2, -0.15) is 0 Å². The monoisotopic (exact) mass is 379 g/mol. The number of imidazole rings is 1. The summed E-state index contributed by atoms with van der Waals surface area (Å²) in [5, 5.41) is 0.731. The first-order valence-electron chi connectivity index (χ1n) is 9.49. The van der Waals surface area contributed by atoms with Crippen LogP contribution in [0.3, 0.4) is 0 Å². The second-order valence-corrected chi connectivity index (χ2v) is 7.76. The maximum absolute atomic E-state index is 6.35. The van der Waals surface area contributed by atoms with Crippen LogP contribution in [0.5, 0.6) is 0 Å². The second kappa shape index (κ2) is 7.12. The third-order valence-corrected chi connectivity index (χ3v) is 5.98. The van der Waals surface area contributed by atoms with Crippen LogP contribution in [-0.2, 0) is 30.7 Å². The number of fused-ring (bicyclic) bond motifs is 2. The summed E-state index contributed by atoms with van der Waals surface area (Å²) in [5.74, 6) is 0.870. The van der Waals surface area contributed by atoms with Gasteiger partial charge in [-0.15, -0.1) is 0 Å². The van der Waals surface area contributed by atoms with Crippen LogP contribution in [0.4, 0.5) is 0 Å². The highest BCUT2D eigenvalue weighted by atomic mass is 35.5. The van der Waals surface area contributed by atoms with Crippen molar-refractivity contribution in [3.05, 3.63) is 76.1 Å². The van der Waals surface area contributed by atoms with Crippen LogP contribution in [0.1, 0.15) is 22.5 Å². The number of aromatic amines is 1. The predicted octanol–water partition coefficient (Wildman–Crippen LogP) is 4.23. The maximum atomic E-state index is 6.35. The zero-order chi connectivity index (χ0) is 18.2. The fourth-order valence-electron chi connectivity index (χ4n) is 4.16. The molecule has 27 heavy (non-hydrogen) atoms. The minimum absolute atomic E-state index is 0.397. The van der Waals surface area contributed by atoms with Gasteiger partial charge in [-0.25, -0.2) is 4.98 Å². The summed E-state index contributed by atoms with van der Waals surface area (Å²) in [5.41, 5.74) is 6.06. The SMILES string of the molecule is Clc1ccccc1-c1nc2c([nH]1)CN(C1COCc3ccccc3C1)CC2. The summed E-state index contributed by atoms with van der Waals surface area (Å²) in [7, 11) is 0. The number of H-pyrrole nitrogens is 1. The third kappa shape index (κ3) is 3.29. The van der Waals surface area contributed by atoms with Gasteiger partial charge in [-0.3, -0.25) is 4.90 Å². The van der Waals surface area contributed by atoms with E-state index in [1.165, 1.54) is 16.8 Å². The fourth-order valence-corrected chi connectivity index (χ4v) is 4.38. The lowest BCUT2D eigenvalue weighted by Gasteiger charge is -2.33. The smallest absolute Gasteiger partial charge is 0.139 e. The Hall–Kier alpha value is -2.14. The van der Waals surface area contributed by atoms with Crippen molar-refractivity contribution in [2.75, 3.05) is 13.2 Å². The average molecular weight is 380 g/mol. The van der Waals surface area contributed by atoms with E-state index >= 15 is 0 Å². The lowest BCUT2D eigenvalue weighted by atomic mass is 9.99. The number of hydrogen-bond acceptors (Lipinski definition) is 3. The van der Waals surface area contributed by atoms with E-state index < -0.39 is 0 Å². The Morgan fingerprint density at radius 1 is 1.07 bits per heavy atom. The molecular formula is C22H22ClN3O. The molecule has 1 N–H and O–H groups in total. The third-order valence-electron chi connectivity index (χ3n) is 5.65. The first kappa shape index (κ1) is 17.0. The number of hydrogen-bond donors (Lipinski definition) is 1. The van der Waals surface area contributed by atoms with Crippen LogP contribution in [0.15, 0.2) is 48.5 Å². The van der Waals surface area contributed by atoms with E-state index in [9.17, 15) is 0 Å². The van der Waals surface area contributed by atoms with Gasteiger partial charge in [-0.1, -0.05) is 48.0 Å². The average Bonchev–Trinajstić information content (AvgIpc) is 2.99. The first-order chi connectivity index (χ1) is 13.3. The summed E-state index contributed by atoms with van der Waals surface area (Å²) < 4.78 is 5.98. The summed E-state index contributed by atoms with van der Waals surface area (Å²) in [6, 6.07) is 16.9. The van der Waals surface area contributed by atoms with Gasteiger partial charge < -0.3 is 9.72 Å². The second-order valence-electron chi connectivity index (χ2n) is 7.35. The fraction of sp³-hybridized carbons (Fsp3) is 0.318. The number of benzene rings is 2. The standard InChI is InChI=1S/C22H22ClN3O/c23-19-8-4-3-7-18(19)22-24-20-9-10-26(12-21(20)25-22)17-11-15-5-1-2-6-16(15)13-27-14-17/h1-8,17H,9-14H2,(H,24,25). The molecule has 0 aliphatic carbocycles. The summed E-state index contributed by atoms with van der Waals surface area (Å²) in [6.07, 6.45) is 1.99. The molecule has 0 bridgehead atoms. The lowest BCUT2D eigenvalue weighted by Crippen LogP contribution is -2.42. The van der Waals surface area contributed by atoms with Crippen molar-refractivity contribution >= 4 is 11.6 Å². The van der Waals surface area contributed by atoms with Gasteiger partial charge in [0.05, 0.1) is 29.6 Å². The Bertz CT molecular complexity index is 968. The van der Waals surface area contributed by atoms with Crippen LogP contribution in [0.2, 0.25) is 5.02 Å². The lowest BCUT2D eigenvalue weighted by molar-refractivity contribution is 0.0511. The minimum atomic E-state index is 0.397. The molecule has 0 saturated heterocycles. The molecule has 1 unspecified atom stereocenters. The molecular weight excluding hydrogens is 358 g/mol. The zero-order valence-corrected chi connectivity index (χ0v) is 15.9. The molecule has 0 fully saturated rings. The van der Waals surface area contributed by atoms with Crippen molar-refractivity contribution in [2.45, 2.75) is 32.0 Å². The Kier molecular flexibility index (Phi) is 4.48. The van der Waals surface area contributed by atoms with Gasteiger partial charge in [-0.05, 0) is 29.7 Å². The molecule has 0 saturated carbocycles. The van der Waals surface area contributed by atoms with Crippen molar-refractivity contribution in [2.24, 2.45) is 0 Å². The maximum Gasteiger partial charge on any atom is 0.139 e. The van der Waals surface area contributed by atoms with E-state index in [1.54, 1.807) is 0 Å². The number of halogens is 1. The Morgan fingerprint density at radius 2 is 1.89 bits per heavy atom. The zero-order valence-electron chi connectivity index (χ0n) is 15.1. The first-order valence-corrected chi connectivity index (χ1v) is 9.87. The van der Waals surface area contributed by atoms with Crippen LogP contribution < -0.4 is 0 Å². The molecule has 1 atom stereocenters. The van der Waals surface area contributed by atoms with Crippen molar-refractivity contribution in [1.29, 1.82) is 0 Å². The molecule has 2 aliphatic rings. The number of nitrogens with zero attached hydrogens (tertiary/aromatic N) is 2. The molecule has 2 aromatic carbocycles. The normalized spacial score (nSPS) is 20.0. The molecule has 0 radical (unpaired) electrons. The number of nitrogens with one attached hydrogen (secondary N) is 1. The molecule has 3 aromatic rings. The van der Waals surface area contributed by atoms with Crippen molar-refractivity contribution in [3.8, 4) is 11.4 Å². The van der Waals surface area contributed by atoms with Gasteiger partial charge in [0.25, 0.3) is 0 Å². The largest absolute Gasteiger partial charge is 0.375 e. The van der Waals surface area contributed by atoms with Crippen molar-refractivity contribution in [1.82, 2.24) is 14.9 Å². The number of rotatable bonds is 2. The number of ether oxygens (including phenoxy) is 1. The van der Waals surface area contributed by atoms with Crippen molar-refractivity contribution in [3.63, 3.8) is 0 Å². The van der Waals surface area contributed by atoms with Crippen molar-refractivity contribution < 1.29 is 4.74 Å². The molecule has 5 heteroatoms. The van der Waals surface area contributed by atoms with Crippen LogP contribution in [0, 0.1) is 0 Å². The van der Waals surface area contributed by atoms with Gasteiger partial charge in [0.1, 0.15) is 5.82 Å². The summed E-state index contributed by atoms with van der Waals surface area (Å²) >= 11 is 6.35. The van der Waals surface area contributed by atoms with Gasteiger partial charge in [0.2, 0.25) is 0 Å². The summed E-state index contributed by atoms with van der Waals surface area (Å²) in [6.45, 7) is 3.38. The number of aromatic nitrogens is 2. The molecule has 1 aromatic heterocycles. The van der Waals surface area contributed by atoms with Crippen LogP contribution in [-0.4, -0.2) is 34.1 Å². The van der Waals surface area contributed by atoms with Gasteiger partial charge >= 0.3 is 0 Å². The van der Waals surface area contributed by atoms with E-state index in [0.29, 0.717) is 12.6 Å². The molecule has 5 rings (SSSR count).